The largest absolute Gasteiger partial charge is 0.355 e. The standard InChI is InChI=1S/C22H28ClFN2O/c1-3-4-5-6-7-8-14-25-22(27)18-13-12-17(24)15-21(18)26-20-11-9-10-19(23)16(20)2/h9-13,15,26H,3-8,14H2,1-2H3,(H,25,27). The zero-order valence-electron chi connectivity index (χ0n) is 16.1. The first-order valence-corrected chi connectivity index (χ1v) is 10.0. The van der Waals surface area contributed by atoms with E-state index in [0.29, 0.717) is 22.8 Å². The molecule has 3 nitrogen and oxygen atoms in total. The Morgan fingerprint density at radius 1 is 1.04 bits per heavy atom. The van der Waals surface area contributed by atoms with Crippen molar-refractivity contribution >= 4 is 28.9 Å². The van der Waals surface area contributed by atoms with Crippen molar-refractivity contribution in [3.63, 3.8) is 0 Å². The monoisotopic (exact) mass is 390 g/mol. The molecule has 0 aliphatic carbocycles. The van der Waals surface area contributed by atoms with Crippen LogP contribution >= 0.6 is 11.6 Å². The fourth-order valence-corrected chi connectivity index (χ4v) is 3.08. The number of amides is 1. The van der Waals surface area contributed by atoms with E-state index in [-0.39, 0.29) is 5.91 Å². The van der Waals surface area contributed by atoms with Crippen LogP contribution in [0.1, 0.15) is 61.4 Å². The van der Waals surface area contributed by atoms with Gasteiger partial charge >= 0.3 is 0 Å². The average molecular weight is 391 g/mol. The molecule has 2 aromatic carbocycles. The Bertz CT molecular complexity index is 764. The van der Waals surface area contributed by atoms with Gasteiger partial charge in [-0.1, -0.05) is 56.7 Å². The van der Waals surface area contributed by atoms with Crippen LogP contribution in [0.15, 0.2) is 36.4 Å². The molecule has 2 aromatic rings. The molecule has 0 saturated carbocycles. The van der Waals surface area contributed by atoms with Crippen LogP contribution in [-0.4, -0.2) is 12.5 Å². The number of halogens is 2. The van der Waals surface area contributed by atoms with E-state index >= 15 is 0 Å². The van der Waals surface area contributed by atoms with E-state index in [9.17, 15) is 9.18 Å². The topological polar surface area (TPSA) is 41.1 Å². The molecule has 1 amide bonds. The summed E-state index contributed by atoms with van der Waals surface area (Å²) in [6, 6.07) is 9.60. The van der Waals surface area contributed by atoms with Crippen molar-refractivity contribution in [2.24, 2.45) is 0 Å². The lowest BCUT2D eigenvalue weighted by Gasteiger charge is -2.15. The van der Waals surface area contributed by atoms with Gasteiger partial charge in [-0.3, -0.25) is 4.79 Å². The minimum absolute atomic E-state index is 0.203. The molecule has 146 valence electrons. The van der Waals surface area contributed by atoms with E-state index in [4.69, 9.17) is 11.6 Å². The third kappa shape index (κ3) is 6.55. The summed E-state index contributed by atoms with van der Waals surface area (Å²) in [6.07, 6.45) is 6.99. The first kappa shape index (κ1) is 21.2. The van der Waals surface area contributed by atoms with Gasteiger partial charge in [-0.25, -0.2) is 4.39 Å². The number of anilines is 2. The van der Waals surface area contributed by atoms with Gasteiger partial charge in [0.1, 0.15) is 5.82 Å². The highest BCUT2D eigenvalue weighted by Crippen LogP contribution is 2.28. The Morgan fingerprint density at radius 3 is 2.56 bits per heavy atom. The lowest BCUT2D eigenvalue weighted by Crippen LogP contribution is -2.25. The first-order chi connectivity index (χ1) is 13.0. The molecule has 0 aliphatic rings. The molecule has 0 saturated heterocycles. The van der Waals surface area contributed by atoms with Gasteiger partial charge in [0.05, 0.1) is 11.3 Å². The smallest absolute Gasteiger partial charge is 0.253 e. The van der Waals surface area contributed by atoms with Crippen molar-refractivity contribution in [2.45, 2.75) is 52.4 Å². The van der Waals surface area contributed by atoms with Crippen molar-refractivity contribution in [1.82, 2.24) is 5.32 Å². The molecule has 2 rings (SSSR count). The molecule has 0 fully saturated rings. The van der Waals surface area contributed by atoms with E-state index in [2.05, 4.69) is 17.6 Å². The number of rotatable bonds is 10. The summed E-state index contributed by atoms with van der Waals surface area (Å²) in [5, 5.41) is 6.69. The van der Waals surface area contributed by atoms with E-state index in [1.54, 1.807) is 6.07 Å². The summed E-state index contributed by atoms with van der Waals surface area (Å²) in [4.78, 5) is 12.6. The Labute approximate surface area is 166 Å². The summed E-state index contributed by atoms with van der Waals surface area (Å²) in [5.74, 6) is -0.601. The first-order valence-electron chi connectivity index (χ1n) is 9.62. The zero-order chi connectivity index (χ0) is 19.6. The van der Waals surface area contributed by atoms with Crippen LogP contribution in [0.2, 0.25) is 5.02 Å². The van der Waals surface area contributed by atoms with E-state index in [1.807, 2.05) is 19.1 Å². The lowest BCUT2D eigenvalue weighted by atomic mass is 10.1. The molecule has 0 spiro atoms. The molecule has 5 heteroatoms. The van der Waals surface area contributed by atoms with E-state index in [0.717, 1.165) is 24.1 Å². The summed E-state index contributed by atoms with van der Waals surface area (Å²) in [5.41, 5.74) is 2.45. The maximum atomic E-state index is 13.7. The Kier molecular flexibility index (Phi) is 8.59. The van der Waals surface area contributed by atoms with Crippen LogP contribution < -0.4 is 10.6 Å². The third-order valence-electron chi connectivity index (χ3n) is 4.58. The maximum Gasteiger partial charge on any atom is 0.253 e. The summed E-state index contributed by atoms with van der Waals surface area (Å²) >= 11 is 6.15. The molecule has 0 heterocycles. The van der Waals surface area contributed by atoms with Crippen molar-refractivity contribution < 1.29 is 9.18 Å². The molecular weight excluding hydrogens is 363 g/mol. The van der Waals surface area contributed by atoms with E-state index < -0.39 is 5.82 Å². The maximum absolute atomic E-state index is 13.7. The fraction of sp³-hybridized carbons (Fsp3) is 0.409. The van der Waals surface area contributed by atoms with Crippen molar-refractivity contribution in [3.05, 3.63) is 58.4 Å². The number of carbonyl (C=O) groups excluding carboxylic acids is 1. The van der Waals surface area contributed by atoms with Gasteiger partial charge < -0.3 is 10.6 Å². The summed E-state index contributed by atoms with van der Waals surface area (Å²) < 4.78 is 13.7. The molecule has 2 N–H and O–H groups in total. The quantitative estimate of drug-likeness (QED) is 0.447. The van der Waals surface area contributed by atoms with Crippen molar-refractivity contribution in [2.75, 3.05) is 11.9 Å². The van der Waals surface area contributed by atoms with Crippen molar-refractivity contribution in [1.29, 1.82) is 0 Å². The van der Waals surface area contributed by atoms with Crippen molar-refractivity contribution in [3.8, 4) is 0 Å². The van der Waals surface area contributed by atoms with Crippen LogP contribution in [0.4, 0.5) is 15.8 Å². The van der Waals surface area contributed by atoms with Crippen LogP contribution in [0, 0.1) is 12.7 Å². The number of carbonyl (C=O) groups is 1. The molecule has 27 heavy (non-hydrogen) atoms. The average Bonchev–Trinajstić information content (AvgIpc) is 2.65. The summed E-state index contributed by atoms with van der Waals surface area (Å²) in [6.45, 7) is 4.69. The van der Waals surface area contributed by atoms with Crippen LogP contribution in [-0.2, 0) is 0 Å². The number of unbranched alkanes of at least 4 members (excludes halogenated alkanes) is 5. The third-order valence-corrected chi connectivity index (χ3v) is 4.99. The molecule has 0 atom stereocenters. The van der Waals surface area contributed by atoms with Crippen LogP contribution in [0.5, 0.6) is 0 Å². The minimum Gasteiger partial charge on any atom is -0.355 e. The number of hydrogen-bond donors (Lipinski definition) is 2. The molecule has 0 aliphatic heterocycles. The Balaban J connectivity index is 2.00. The molecule has 0 radical (unpaired) electrons. The summed E-state index contributed by atoms with van der Waals surface area (Å²) in [7, 11) is 0. The van der Waals surface area contributed by atoms with Crippen LogP contribution in [0.25, 0.3) is 0 Å². The molecule has 0 unspecified atom stereocenters. The second-order valence-corrected chi connectivity index (χ2v) is 7.16. The van der Waals surface area contributed by atoms with Gasteiger partial charge in [0.25, 0.3) is 5.91 Å². The predicted molar refractivity (Wildman–Crippen MR) is 112 cm³/mol. The zero-order valence-corrected chi connectivity index (χ0v) is 16.8. The highest BCUT2D eigenvalue weighted by molar-refractivity contribution is 6.31. The molecule has 0 aromatic heterocycles. The molecular formula is C22H28ClFN2O. The molecule has 0 bridgehead atoms. The fourth-order valence-electron chi connectivity index (χ4n) is 2.91. The number of benzene rings is 2. The predicted octanol–water partition coefficient (Wildman–Crippen LogP) is 6.62. The number of nitrogens with one attached hydrogen (secondary N) is 2. The second-order valence-electron chi connectivity index (χ2n) is 6.75. The number of hydrogen-bond acceptors (Lipinski definition) is 2. The SMILES string of the molecule is CCCCCCCCNC(=O)c1ccc(F)cc1Nc1cccc(Cl)c1C. The highest BCUT2D eigenvalue weighted by Gasteiger charge is 2.13. The van der Waals surface area contributed by atoms with Crippen LogP contribution in [0.3, 0.4) is 0 Å². The van der Waals surface area contributed by atoms with Gasteiger partial charge in [-0.05, 0) is 49.2 Å². The Morgan fingerprint density at radius 2 is 1.78 bits per heavy atom. The highest BCUT2D eigenvalue weighted by atomic mass is 35.5. The lowest BCUT2D eigenvalue weighted by molar-refractivity contribution is 0.0953. The van der Waals surface area contributed by atoms with Gasteiger partial charge in [0.2, 0.25) is 0 Å². The van der Waals surface area contributed by atoms with Gasteiger partial charge in [0.15, 0.2) is 0 Å². The minimum atomic E-state index is -0.398. The van der Waals surface area contributed by atoms with Gasteiger partial charge in [-0.15, -0.1) is 0 Å². The van der Waals surface area contributed by atoms with E-state index in [1.165, 1.54) is 43.9 Å². The second kappa shape index (κ2) is 10.9. The van der Waals surface area contributed by atoms with Gasteiger partial charge in [0, 0.05) is 17.3 Å². The van der Waals surface area contributed by atoms with Gasteiger partial charge in [-0.2, -0.15) is 0 Å². The normalized spacial score (nSPS) is 10.7. The Hall–Kier alpha value is -2.07.